The summed E-state index contributed by atoms with van der Waals surface area (Å²) in [5.41, 5.74) is 2.08. The van der Waals surface area contributed by atoms with Crippen LogP contribution in [0.5, 0.6) is 0 Å². The Kier molecular flexibility index (Phi) is 9.22. The van der Waals surface area contributed by atoms with Crippen LogP contribution < -0.4 is 5.56 Å². The molecule has 4 rings (SSSR count). The van der Waals surface area contributed by atoms with Crippen molar-refractivity contribution in [1.29, 1.82) is 0 Å². The van der Waals surface area contributed by atoms with Gasteiger partial charge in [0.2, 0.25) is 0 Å². The van der Waals surface area contributed by atoms with Gasteiger partial charge in [0.1, 0.15) is 0 Å². The first-order valence-corrected chi connectivity index (χ1v) is 11.4. The molecule has 0 amide bonds. The number of aromatic nitrogens is 1. The van der Waals surface area contributed by atoms with E-state index in [9.17, 15) is 14.4 Å². The second-order valence-corrected chi connectivity index (χ2v) is 8.35. The smallest absolute Gasteiger partial charge is 0.328 e. The van der Waals surface area contributed by atoms with Crippen molar-refractivity contribution < 1.29 is 24.3 Å². The van der Waals surface area contributed by atoms with Gasteiger partial charge in [-0.15, -0.1) is 0 Å². The minimum atomic E-state index is -1.26. The summed E-state index contributed by atoms with van der Waals surface area (Å²) in [6.07, 6.45) is 5.79. The van der Waals surface area contributed by atoms with Crippen LogP contribution in [-0.4, -0.2) is 44.9 Å². The molecule has 0 radical (unpaired) electrons. The van der Waals surface area contributed by atoms with Crippen LogP contribution >= 0.6 is 0 Å². The molecule has 8 heteroatoms. The maximum Gasteiger partial charge on any atom is 0.328 e. The van der Waals surface area contributed by atoms with Gasteiger partial charge in [0.05, 0.1) is 11.9 Å². The third kappa shape index (κ3) is 7.74. The van der Waals surface area contributed by atoms with E-state index >= 15 is 0 Å². The fourth-order valence-electron chi connectivity index (χ4n) is 4.11. The molecule has 1 aromatic heterocycles. The normalized spacial score (nSPS) is 14.7. The van der Waals surface area contributed by atoms with Crippen LogP contribution in [0.4, 0.5) is 0 Å². The second-order valence-electron chi connectivity index (χ2n) is 8.35. The third-order valence-electron chi connectivity index (χ3n) is 5.85. The summed E-state index contributed by atoms with van der Waals surface area (Å²) in [7, 11) is 0. The fraction of sp³-hybridized carbons (Fsp3) is 0.346. The lowest BCUT2D eigenvalue weighted by Gasteiger charge is -2.32. The second kappa shape index (κ2) is 12.6. The molecule has 1 aliphatic heterocycles. The quantitative estimate of drug-likeness (QED) is 0.483. The zero-order valence-corrected chi connectivity index (χ0v) is 19.0. The van der Waals surface area contributed by atoms with E-state index in [2.05, 4.69) is 35.2 Å². The Morgan fingerprint density at radius 2 is 1.56 bits per heavy atom. The van der Waals surface area contributed by atoms with E-state index in [1.807, 2.05) is 24.3 Å². The predicted molar refractivity (Wildman–Crippen MR) is 129 cm³/mol. The first kappa shape index (κ1) is 25.0. The molecule has 0 spiro atoms. The zero-order valence-electron chi connectivity index (χ0n) is 19.0. The van der Waals surface area contributed by atoms with Crippen LogP contribution in [0.25, 0.3) is 11.0 Å². The van der Waals surface area contributed by atoms with Gasteiger partial charge in [-0.2, -0.15) is 4.74 Å². The number of benzene rings is 2. The average molecular weight is 467 g/mol. The molecule has 1 aliphatic rings. The lowest BCUT2D eigenvalue weighted by atomic mass is 9.92. The summed E-state index contributed by atoms with van der Waals surface area (Å²) in [6, 6.07) is 18.2. The van der Waals surface area contributed by atoms with Gasteiger partial charge in [-0.25, -0.2) is 9.59 Å². The van der Waals surface area contributed by atoms with E-state index in [0.717, 1.165) is 18.9 Å². The van der Waals surface area contributed by atoms with Gasteiger partial charge in [0.15, 0.2) is 5.58 Å². The first-order chi connectivity index (χ1) is 16.4. The van der Waals surface area contributed by atoms with Gasteiger partial charge >= 0.3 is 11.9 Å². The van der Waals surface area contributed by atoms with Gasteiger partial charge in [-0.3, -0.25) is 9.69 Å². The highest BCUT2D eigenvalue weighted by Crippen LogP contribution is 2.23. The molecule has 1 fully saturated rings. The van der Waals surface area contributed by atoms with Gasteiger partial charge in [0.25, 0.3) is 5.56 Å². The number of likely N-dealkylation sites (tertiary alicyclic amines) is 1. The first-order valence-electron chi connectivity index (χ1n) is 11.4. The van der Waals surface area contributed by atoms with E-state index < -0.39 is 11.9 Å². The Morgan fingerprint density at radius 3 is 2.18 bits per heavy atom. The van der Waals surface area contributed by atoms with Crippen molar-refractivity contribution in [3.63, 3.8) is 0 Å². The zero-order chi connectivity index (χ0) is 24.3. The van der Waals surface area contributed by atoms with Gasteiger partial charge in [-0.1, -0.05) is 42.5 Å². The minimum Gasteiger partial charge on any atom is -0.478 e. The largest absolute Gasteiger partial charge is 0.478 e. The Hall–Kier alpha value is -3.65. The lowest BCUT2D eigenvalue weighted by molar-refractivity contribution is -0.134. The molecule has 2 aromatic carbocycles. The van der Waals surface area contributed by atoms with Crippen molar-refractivity contribution in [1.82, 2.24) is 9.64 Å². The number of carbonyl (C=O) groups is 2. The lowest BCUT2D eigenvalue weighted by Crippen LogP contribution is -2.33. The number of hydrogen-bond donors (Lipinski definition) is 2. The van der Waals surface area contributed by atoms with Crippen molar-refractivity contribution >= 4 is 22.9 Å². The molecular formula is C26H30N2O6. The molecule has 2 N–H and O–H groups in total. The Morgan fingerprint density at radius 1 is 0.941 bits per heavy atom. The monoisotopic (exact) mass is 466 g/mol. The number of rotatable bonds is 8. The SMILES string of the molecule is O=C(O)/C=C/C(=O)O.O=c1c2ccccc2on1CCCC1CCN(Cc2ccccc2)CC1. The van der Waals surface area contributed by atoms with Crippen LogP contribution in [0.3, 0.4) is 0 Å². The third-order valence-corrected chi connectivity index (χ3v) is 5.85. The summed E-state index contributed by atoms with van der Waals surface area (Å²) >= 11 is 0. The number of carboxylic acids is 2. The summed E-state index contributed by atoms with van der Waals surface area (Å²) in [4.78, 5) is 33.9. The van der Waals surface area contributed by atoms with Crippen molar-refractivity contribution in [2.75, 3.05) is 13.1 Å². The van der Waals surface area contributed by atoms with Crippen molar-refractivity contribution in [2.24, 2.45) is 5.92 Å². The van der Waals surface area contributed by atoms with Crippen LogP contribution in [0.2, 0.25) is 0 Å². The molecule has 3 aromatic rings. The van der Waals surface area contributed by atoms with E-state index in [0.29, 0.717) is 29.7 Å². The van der Waals surface area contributed by atoms with Crippen LogP contribution in [-0.2, 0) is 22.7 Å². The van der Waals surface area contributed by atoms with Crippen molar-refractivity contribution in [3.8, 4) is 0 Å². The number of hydrogen-bond acceptors (Lipinski definition) is 5. The number of carboxylic acid groups (broad SMARTS) is 2. The van der Waals surface area contributed by atoms with Crippen LogP contribution in [0.15, 0.2) is 76.1 Å². The number of nitrogens with zero attached hydrogens (tertiary/aromatic N) is 2. The van der Waals surface area contributed by atoms with Crippen molar-refractivity contribution in [3.05, 3.63) is 82.7 Å². The minimum absolute atomic E-state index is 0.00159. The van der Waals surface area contributed by atoms with Gasteiger partial charge in [-0.05, 0) is 62.4 Å². The molecule has 1 saturated heterocycles. The number of aliphatic carboxylic acids is 2. The fourth-order valence-corrected chi connectivity index (χ4v) is 4.11. The van der Waals surface area contributed by atoms with E-state index in [1.54, 1.807) is 0 Å². The molecule has 0 aliphatic carbocycles. The number of piperidine rings is 1. The Balaban J connectivity index is 0.000000350. The standard InChI is InChI=1S/C22H26N2O2.C4H4O4/c25-22-20-10-4-5-11-21(20)26-24(22)14-6-9-18-12-15-23(16-13-18)17-19-7-2-1-3-8-19;5-3(6)1-2-4(7)8/h1-5,7-8,10-11,18H,6,9,12-17H2;1-2H,(H,5,6)(H,7,8)/b;2-1+. The highest BCUT2D eigenvalue weighted by molar-refractivity contribution is 5.89. The molecule has 0 bridgehead atoms. The maximum absolute atomic E-state index is 12.3. The Bertz CT molecular complexity index is 1140. The maximum atomic E-state index is 12.3. The van der Waals surface area contributed by atoms with E-state index in [1.165, 1.54) is 42.7 Å². The van der Waals surface area contributed by atoms with E-state index in [-0.39, 0.29) is 5.56 Å². The highest BCUT2D eigenvalue weighted by Gasteiger charge is 2.19. The van der Waals surface area contributed by atoms with Crippen molar-refractivity contribution in [2.45, 2.75) is 38.8 Å². The molecule has 0 unspecified atom stereocenters. The predicted octanol–water partition coefficient (Wildman–Crippen LogP) is 4.00. The summed E-state index contributed by atoms with van der Waals surface area (Å²) in [6.45, 7) is 4.08. The topological polar surface area (TPSA) is 113 Å². The van der Waals surface area contributed by atoms with Crippen LogP contribution in [0, 0.1) is 5.92 Å². The molecule has 0 atom stereocenters. The van der Waals surface area contributed by atoms with Crippen LogP contribution in [0.1, 0.15) is 31.2 Å². The molecule has 0 saturated carbocycles. The highest BCUT2D eigenvalue weighted by atomic mass is 16.5. The Labute approximate surface area is 197 Å². The summed E-state index contributed by atoms with van der Waals surface area (Å²) in [5, 5.41) is 16.3. The number of fused-ring (bicyclic) bond motifs is 1. The average Bonchev–Trinajstić information content (AvgIpc) is 3.15. The molecule has 8 nitrogen and oxygen atoms in total. The van der Waals surface area contributed by atoms with E-state index in [4.69, 9.17) is 14.7 Å². The molecular weight excluding hydrogens is 436 g/mol. The number of aryl methyl sites for hydroxylation is 1. The summed E-state index contributed by atoms with van der Waals surface area (Å²) < 4.78 is 7.19. The van der Waals surface area contributed by atoms with Gasteiger partial charge in [0, 0.05) is 18.7 Å². The summed E-state index contributed by atoms with van der Waals surface area (Å²) in [5.74, 6) is -1.75. The molecule has 34 heavy (non-hydrogen) atoms. The molecule has 180 valence electrons. The molecule has 2 heterocycles. The van der Waals surface area contributed by atoms with Gasteiger partial charge < -0.3 is 14.7 Å². The number of para-hydroxylation sites is 1.